The number of benzene rings is 1. The van der Waals surface area contributed by atoms with Crippen molar-refractivity contribution in [1.82, 2.24) is 15.6 Å². The highest BCUT2D eigenvalue weighted by Crippen LogP contribution is 2.33. The molecule has 8 nitrogen and oxygen atoms in total. The van der Waals surface area contributed by atoms with Crippen LogP contribution in [0, 0.1) is 6.92 Å². The first kappa shape index (κ1) is 23.0. The van der Waals surface area contributed by atoms with Crippen LogP contribution in [0.2, 0.25) is 0 Å². The first-order valence-electron chi connectivity index (χ1n) is 10.4. The third-order valence-electron chi connectivity index (χ3n) is 5.27. The molecule has 0 saturated carbocycles. The maximum Gasteiger partial charge on any atom is 0.263 e. The lowest BCUT2D eigenvalue weighted by Crippen LogP contribution is -2.43. The van der Waals surface area contributed by atoms with E-state index in [1.165, 1.54) is 18.3 Å². The van der Waals surface area contributed by atoms with Gasteiger partial charge in [-0.25, -0.2) is 4.98 Å². The van der Waals surface area contributed by atoms with Gasteiger partial charge in [0.05, 0.1) is 25.0 Å². The van der Waals surface area contributed by atoms with Gasteiger partial charge in [0.1, 0.15) is 10.6 Å². The van der Waals surface area contributed by atoms with Crippen LogP contribution in [-0.4, -0.2) is 49.6 Å². The normalized spacial score (nSPS) is 20.7. The Balaban J connectivity index is 1.60. The SMILES string of the molecule is CNc1nc(C)c(C(=O)NCC[C@@H]2C[C@H](NC(C)=O)C[C@H](c3ccc(OC)cc3)O2)s1. The molecule has 2 amide bonds. The Morgan fingerprint density at radius 2 is 2.00 bits per heavy atom. The lowest BCUT2D eigenvalue weighted by molar-refractivity contribution is -0.122. The number of aryl methyl sites for hydroxylation is 1. The first-order valence-corrected chi connectivity index (χ1v) is 11.2. The molecule has 3 rings (SSSR count). The monoisotopic (exact) mass is 446 g/mol. The molecule has 168 valence electrons. The second-order valence-electron chi connectivity index (χ2n) is 7.62. The second kappa shape index (κ2) is 10.6. The van der Waals surface area contributed by atoms with E-state index in [1.807, 2.05) is 31.2 Å². The summed E-state index contributed by atoms with van der Waals surface area (Å²) < 4.78 is 11.6. The summed E-state index contributed by atoms with van der Waals surface area (Å²) >= 11 is 1.34. The fraction of sp³-hybridized carbons (Fsp3) is 0.500. The van der Waals surface area contributed by atoms with Gasteiger partial charge in [-0.3, -0.25) is 9.59 Å². The Morgan fingerprint density at radius 1 is 1.26 bits per heavy atom. The number of rotatable bonds is 8. The average molecular weight is 447 g/mol. The molecule has 9 heteroatoms. The molecule has 0 unspecified atom stereocenters. The van der Waals surface area contributed by atoms with Crippen molar-refractivity contribution in [1.29, 1.82) is 0 Å². The van der Waals surface area contributed by atoms with Crippen LogP contribution in [-0.2, 0) is 9.53 Å². The van der Waals surface area contributed by atoms with E-state index in [4.69, 9.17) is 9.47 Å². The van der Waals surface area contributed by atoms with Crippen molar-refractivity contribution in [2.45, 2.75) is 51.4 Å². The van der Waals surface area contributed by atoms with Crippen LogP contribution in [0.1, 0.15) is 53.2 Å². The van der Waals surface area contributed by atoms with Gasteiger partial charge in [0, 0.05) is 26.6 Å². The van der Waals surface area contributed by atoms with E-state index < -0.39 is 0 Å². The van der Waals surface area contributed by atoms with E-state index in [-0.39, 0.29) is 30.1 Å². The Kier molecular flexibility index (Phi) is 7.86. The quantitative estimate of drug-likeness (QED) is 0.576. The zero-order chi connectivity index (χ0) is 22.4. The zero-order valence-corrected chi connectivity index (χ0v) is 19.2. The summed E-state index contributed by atoms with van der Waals surface area (Å²) in [5, 5.41) is 9.69. The summed E-state index contributed by atoms with van der Waals surface area (Å²) in [6.07, 6.45) is 1.88. The largest absolute Gasteiger partial charge is 0.497 e. The van der Waals surface area contributed by atoms with Gasteiger partial charge < -0.3 is 25.4 Å². The minimum absolute atomic E-state index is 0.0287. The molecule has 2 aromatic rings. The van der Waals surface area contributed by atoms with E-state index in [0.29, 0.717) is 36.4 Å². The number of hydrogen-bond acceptors (Lipinski definition) is 7. The van der Waals surface area contributed by atoms with Gasteiger partial charge >= 0.3 is 0 Å². The molecular weight excluding hydrogens is 416 g/mol. The van der Waals surface area contributed by atoms with Crippen molar-refractivity contribution in [2.75, 3.05) is 26.0 Å². The third kappa shape index (κ3) is 6.18. The van der Waals surface area contributed by atoms with Crippen LogP contribution >= 0.6 is 11.3 Å². The number of nitrogens with one attached hydrogen (secondary N) is 3. The predicted molar refractivity (Wildman–Crippen MR) is 121 cm³/mol. The number of carbonyl (C=O) groups is 2. The van der Waals surface area contributed by atoms with E-state index in [9.17, 15) is 9.59 Å². The average Bonchev–Trinajstić information content (AvgIpc) is 3.14. The van der Waals surface area contributed by atoms with Gasteiger partial charge in [-0.2, -0.15) is 0 Å². The number of hydrogen-bond donors (Lipinski definition) is 3. The van der Waals surface area contributed by atoms with Gasteiger partial charge in [0.15, 0.2) is 5.13 Å². The maximum absolute atomic E-state index is 12.5. The maximum atomic E-state index is 12.5. The number of anilines is 1. The molecule has 1 aromatic heterocycles. The highest BCUT2D eigenvalue weighted by Gasteiger charge is 2.31. The molecule has 31 heavy (non-hydrogen) atoms. The van der Waals surface area contributed by atoms with Crippen LogP contribution in [0.3, 0.4) is 0 Å². The fourth-order valence-corrected chi connectivity index (χ4v) is 4.62. The summed E-state index contributed by atoms with van der Waals surface area (Å²) in [5.41, 5.74) is 1.76. The summed E-state index contributed by atoms with van der Waals surface area (Å²) in [7, 11) is 3.42. The molecule has 0 spiro atoms. The summed E-state index contributed by atoms with van der Waals surface area (Å²) in [4.78, 5) is 29.1. The zero-order valence-electron chi connectivity index (χ0n) is 18.4. The van der Waals surface area contributed by atoms with E-state index in [2.05, 4.69) is 20.9 Å². The van der Waals surface area contributed by atoms with Crippen molar-refractivity contribution < 1.29 is 19.1 Å². The molecule has 0 bridgehead atoms. The molecule has 1 aromatic carbocycles. The number of methoxy groups -OCH3 is 1. The van der Waals surface area contributed by atoms with Crippen molar-refractivity contribution in [2.24, 2.45) is 0 Å². The number of aromatic nitrogens is 1. The lowest BCUT2D eigenvalue weighted by Gasteiger charge is -2.36. The highest BCUT2D eigenvalue weighted by molar-refractivity contribution is 7.17. The van der Waals surface area contributed by atoms with Crippen molar-refractivity contribution >= 4 is 28.3 Å². The van der Waals surface area contributed by atoms with Crippen LogP contribution in [0.15, 0.2) is 24.3 Å². The number of ether oxygens (including phenoxy) is 2. The standard InChI is InChI=1S/C22H30N4O4S/c1-13-20(31-22(23-3)25-13)21(28)24-10-9-18-11-16(26-14(2)27)12-19(30-18)15-5-7-17(29-4)8-6-15/h5-8,16,18-19H,9-12H2,1-4H3,(H,23,25)(H,24,28)(H,26,27)/t16-,18+,19+/m0/s1. The van der Waals surface area contributed by atoms with E-state index in [1.54, 1.807) is 14.2 Å². The molecule has 1 fully saturated rings. The Bertz CT molecular complexity index is 899. The fourth-order valence-electron chi connectivity index (χ4n) is 3.78. The predicted octanol–water partition coefficient (Wildman–Crippen LogP) is 3.05. The molecule has 1 aliphatic heterocycles. The Morgan fingerprint density at radius 3 is 2.61 bits per heavy atom. The molecule has 2 heterocycles. The number of thiazole rings is 1. The van der Waals surface area contributed by atoms with Crippen molar-refractivity contribution in [3.05, 3.63) is 40.4 Å². The molecule has 3 atom stereocenters. The Hall–Kier alpha value is -2.65. The second-order valence-corrected chi connectivity index (χ2v) is 8.62. The minimum Gasteiger partial charge on any atom is -0.497 e. The Labute approximate surface area is 186 Å². The molecule has 0 radical (unpaired) electrons. The van der Waals surface area contributed by atoms with Gasteiger partial charge in [-0.05, 0) is 43.9 Å². The van der Waals surface area contributed by atoms with Crippen LogP contribution in [0.25, 0.3) is 0 Å². The molecule has 3 N–H and O–H groups in total. The van der Waals surface area contributed by atoms with Gasteiger partial charge in [-0.15, -0.1) is 0 Å². The molecule has 1 saturated heterocycles. The van der Waals surface area contributed by atoms with Crippen LogP contribution < -0.4 is 20.7 Å². The van der Waals surface area contributed by atoms with Gasteiger partial charge in [-0.1, -0.05) is 23.5 Å². The summed E-state index contributed by atoms with van der Waals surface area (Å²) in [5.74, 6) is 0.614. The van der Waals surface area contributed by atoms with E-state index in [0.717, 1.165) is 16.4 Å². The number of carbonyl (C=O) groups excluding carboxylic acids is 2. The lowest BCUT2D eigenvalue weighted by atomic mass is 9.93. The highest BCUT2D eigenvalue weighted by atomic mass is 32.1. The summed E-state index contributed by atoms with van der Waals surface area (Å²) in [6, 6.07) is 7.83. The van der Waals surface area contributed by atoms with Gasteiger partial charge in [0.2, 0.25) is 5.91 Å². The third-order valence-corrected chi connectivity index (χ3v) is 6.44. The van der Waals surface area contributed by atoms with E-state index >= 15 is 0 Å². The topological polar surface area (TPSA) is 102 Å². The van der Waals surface area contributed by atoms with Gasteiger partial charge in [0.25, 0.3) is 5.91 Å². The molecular formula is C22H30N4O4S. The minimum atomic E-state index is -0.127. The van der Waals surface area contributed by atoms with Crippen LogP contribution in [0.4, 0.5) is 5.13 Å². The number of nitrogens with zero attached hydrogens (tertiary/aromatic N) is 1. The molecule has 1 aliphatic rings. The number of amides is 2. The smallest absolute Gasteiger partial charge is 0.263 e. The first-order chi connectivity index (χ1) is 14.9. The van der Waals surface area contributed by atoms with Crippen molar-refractivity contribution in [3.63, 3.8) is 0 Å². The van der Waals surface area contributed by atoms with Crippen molar-refractivity contribution in [3.8, 4) is 5.75 Å². The molecule has 0 aliphatic carbocycles. The van der Waals surface area contributed by atoms with Crippen LogP contribution in [0.5, 0.6) is 5.75 Å². The summed E-state index contributed by atoms with van der Waals surface area (Å²) in [6.45, 7) is 3.84.